The van der Waals surface area contributed by atoms with Crippen LogP contribution in [0.15, 0.2) is 53.5 Å². The van der Waals surface area contributed by atoms with Gasteiger partial charge in [-0.3, -0.25) is 14.5 Å². The Kier molecular flexibility index (Phi) is 6.71. The molecule has 1 atom stereocenters. The molecule has 2 aromatic carbocycles. The monoisotopic (exact) mass is 441 g/mol. The van der Waals surface area contributed by atoms with Gasteiger partial charge in [0.05, 0.1) is 23.9 Å². The van der Waals surface area contributed by atoms with Crippen molar-refractivity contribution < 1.29 is 29.0 Å². The molecule has 1 fully saturated rings. The number of methoxy groups -OCH3 is 1. The van der Waals surface area contributed by atoms with Crippen LogP contribution in [0.5, 0.6) is 0 Å². The van der Waals surface area contributed by atoms with E-state index >= 15 is 0 Å². The van der Waals surface area contributed by atoms with E-state index in [1.807, 2.05) is 0 Å². The van der Waals surface area contributed by atoms with Crippen LogP contribution < -0.4 is 5.32 Å². The number of carboxylic acid groups (broad SMARTS) is 1. The molecule has 0 saturated carbocycles. The Bertz CT molecular complexity index is 1070. The fourth-order valence-corrected chi connectivity index (χ4v) is 3.82. The van der Waals surface area contributed by atoms with Crippen LogP contribution >= 0.6 is 11.8 Å². The van der Waals surface area contributed by atoms with Crippen molar-refractivity contribution in [1.82, 2.24) is 4.90 Å². The number of nitrogens with zero attached hydrogens (tertiary/aromatic N) is 2. The van der Waals surface area contributed by atoms with Gasteiger partial charge in [-0.1, -0.05) is 17.8 Å². The quantitative estimate of drug-likeness (QED) is 0.684. The van der Waals surface area contributed by atoms with Gasteiger partial charge in [-0.25, -0.2) is 14.6 Å². The number of amidine groups is 1. The van der Waals surface area contributed by atoms with Gasteiger partial charge in [-0.05, 0) is 42.5 Å². The number of thioether (sulfide) groups is 1. The summed E-state index contributed by atoms with van der Waals surface area (Å²) >= 11 is 1.13. The summed E-state index contributed by atoms with van der Waals surface area (Å²) < 4.78 is 4.66. The number of carboxylic acids is 1. The minimum atomic E-state index is -1.10. The van der Waals surface area contributed by atoms with Crippen molar-refractivity contribution in [3.8, 4) is 0 Å². The van der Waals surface area contributed by atoms with Crippen LogP contribution in [0.1, 0.15) is 27.1 Å². The minimum Gasteiger partial charge on any atom is -0.478 e. The van der Waals surface area contributed by atoms with Crippen LogP contribution in [0, 0.1) is 0 Å². The number of amides is 2. The Labute approximate surface area is 182 Å². The van der Waals surface area contributed by atoms with Crippen molar-refractivity contribution >= 4 is 52.1 Å². The third-order valence-electron chi connectivity index (χ3n) is 4.45. The maximum Gasteiger partial charge on any atom is 0.337 e. The highest BCUT2D eigenvalue weighted by atomic mass is 32.2. The molecule has 0 spiro atoms. The first-order valence-corrected chi connectivity index (χ1v) is 10.0. The molecular weight excluding hydrogens is 422 g/mol. The molecule has 2 amide bonds. The number of anilines is 1. The highest BCUT2D eigenvalue weighted by Gasteiger charge is 2.34. The van der Waals surface area contributed by atoms with Crippen LogP contribution in [0.25, 0.3) is 0 Å². The lowest BCUT2D eigenvalue weighted by Crippen LogP contribution is -2.43. The van der Waals surface area contributed by atoms with Gasteiger partial charge in [0.15, 0.2) is 5.17 Å². The number of aromatic carboxylic acids is 1. The average Bonchev–Trinajstić information content (AvgIpc) is 2.76. The van der Waals surface area contributed by atoms with Crippen molar-refractivity contribution in [1.29, 1.82) is 0 Å². The third-order valence-corrected chi connectivity index (χ3v) is 5.69. The fourth-order valence-electron chi connectivity index (χ4n) is 2.75. The number of carbonyl (C=O) groups is 4. The molecule has 10 heteroatoms. The van der Waals surface area contributed by atoms with E-state index in [2.05, 4.69) is 15.0 Å². The maximum absolute atomic E-state index is 12.7. The summed E-state index contributed by atoms with van der Waals surface area (Å²) in [6.07, 6.45) is -0.0219. The predicted molar refractivity (Wildman–Crippen MR) is 116 cm³/mol. The number of hydrogen-bond donors (Lipinski definition) is 2. The maximum atomic E-state index is 12.7. The first-order chi connectivity index (χ1) is 14.8. The van der Waals surface area contributed by atoms with Crippen molar-refractivity contribution in [2.24, 2.45) is 4.99 Å². The molecule has 1 aliphatic rings. The summed E-state index contributed by atoms with van der Waals surface area (Å²) in [5.41, 5.74) is 1.24. The Morgan fingerprint density at radius 2 is 1.87 bits per heavy atom. The van der Waals surface area contributed by atoms with E-state index in [1.54, 1.807) is 37.4 Å². The summed E-state index contributed by atoms with van der Waals surface area (Å²) in [6.45, 7) is 0. The second-order valence-corrected chi connectivity index (χ2v) is 7.74. The topological polar surface area (TPSA) is 125 Å². The van der Waals surface area contributed by atoms with E-state index in [9.17, 15) is 19.2 Å². The average molecular weight is 441 g/mol. The van der Waals surface area contributed by atoms with Gasteiger partial charge in [0.2, 0.25) is 11.8 Å². The van der Waals surface area contributed by atoms with E-state index < -0.39 is 23.1 Å². The Morgan fingerprint density at radius 3 is 2.52 bits per heavy atom. The second-order valence-electron chi connectivity index (χ2n) is 6.57. The van der Waals surface area contributed by atoms with Gasteiger partial charge >= 0.3 is 11.9 Å². The third kappa shape index (κ3) is 5.28. The number of rotatable bonds is 5. The van der Waals surface area contributed by atoms with Gasteiger partial charge in [-0.2, -0.15) is 0 Å². The zero-order valence-corrected chi connectivity index (χ0v) is 17.5. The molecule has 2 aromatic rings. The molecule has 1 aliphatic heterocycles. The van der Waals surface area contributed by atoms with Gasteiger partial charge in [-0.15, -0.1) is 0 Å². The SMILES string of the molecule is COC(=O)c1ccc(N=C2S[C@@H](C(=O)Nc3cccc(C(=O)O)c3)CC(=O)N2C)cc1. The van der Waals surface area contributed by atoms with E-state index in [4.69, 9.17) is 5.11 Å². The molecule has 0 aromatic heterocycles. The molecule has 160 valence electrons. The van der Waals surface area contributed by atoms with Crippen molar-refractivity contribution in [3.05, 3.63) is 59.7 Å². The molecule has 1 saturated heterocycles. The molecule has 0 radical (unpaired) electrons. The van der Waals surface area contributed by atoms with Crippen molar-refractivity contribution in [3.63, 3.8) is 0 Å². The van der Waals surface area contributed by atoms with Crippen LogP contribution in [0.4, 0.5) is 11.4 Å². The van der Waals surface area contributed by atoms with E-state index in [0.717, 1.165) is 11.8 Å². The van der Waals surface area contributed by atoms with E-state index in [1.165, 1.54) is 30.2 Å². The first-order valence-electron chi connectivity index (χ1n) is 9.13. The van der Waals surface area contributed by atoms with Crippen LogP contribution in [-0.4, -0.2) is 58.3 Å². The second kappa shape index (κ2) is 9.43. The van der Waals surface area contributed by atoms with Gasteiger partial charge < -0.3 is 15.2 Å². The first kappa shape index (κ1) is 22.0. The molecular formula is C21H19N3O6S. The van der Waals surface area contributed by atoms with Crippen molar-refractivity contribution in [2.75, 3.05) is 19.5 Å². The summed E-state index contributed by atoms with van der Waals surface area (Å²) in [5, 5.41) is 11.3. The zero-order valence-electron chi connectivity index (χ0n) is 16.7. The van der Waals surface area contributed by atoms with Gasteiger partial charge in [0.1, 0.15) is 5.25 Å². The van der Waals surface area contributed by atoms with E-state index in [0.29, 0.717) is 22.1 Å². The van der Waals surface area contributed by atoms with Gasteiger partial charge in [0, 0.05) is 19.2 Å². The van der Waals surface area contributed by atoms with E-state index in [-0.39, 0.29) is 17.9 Å². The zero-order chi connectivity index (χ0) is 22.5. The summed E-state index contributed by atoms with van der Waals surface area (Å²) in [6, 6.07) is 12.2. The Balaban J connectivity index is 1.76. The number of hydrogen-bond acceptors (Lipinski definition) is 7. The molecule has 31 heavy (non-hydrogen) atoms. The number of nitrogens with one attached hydrogen (secondary N) is 1. The number of esters is 1. The highest BCUT2D eigenvalue weighted by Crippen LogP contribution is 2.29. The number of benzene rings is 2. The summed E-state index contributed by atoms with van der Waals surface area (Å²) in [5.74, 6) is -2.28. The highest BCUT2D eigenvalue weighted by molar-refractivity contribution is 8.15. The standard InChI is InChI=1S/C21H19N3O6S/c1-24-17(25)11-16(18(26)22-15-5-3-4-13(10-15)19(27)28)31-21(24)23-14-8-6-12(7-9-14)20(29)30-2/h3-10,16H,11H2,1-2H3,(H,22,26)(H,27,28)/t16-/m1/s1. The summed E-state index contributed by atoms with van der Waals surface area (Å²) in [4.78, 5) is 53.5. The lowest BCUT2D eigenvalue weighted by Gasteiger charge is -2.28. The Morgan fingerprint density at radius 1 is 1.16 bits per heavy atom. The molecule has 0 aliphatic carbocycles. The smallest absolute Gasteiger partial charge is 0.337 e. The molecule has 2 N–H and O–H groups in total. The Hall–Kier alpha value is -3.66. The number of carbonyl (C=O) groups excluding carboxylic acids is 3. The molecule has 9 nitrogen and oxygen atoms in total. The van der Waals surface area contributed by atoms with Gasteiger partial charge in [0.25, 0.3) is 0 Å². The number of aliphatic imine (C=N–C) groups is 1. The molecule has 3 rings (SSSR count). The van der Waals surface area contributed by atoms with Crippen LogP contribution in [-0.2, 0) is 14.3 Å². The summed E-state index contributed by atoms with van der Waals surface area (Å²) in [7, 11) is 2.86. The minimum absolute atomic E-state index is 0.0219. The predicted octanol–water partition coefficient (Wildman–Crippen LogP) is 2.76. The molecule has 0 bridgehead atoms. The molecule has 0 unspecified atom stereocenters. The lowest BCUT2D eigenvalue weighted by atomic mass is 10.2. The fraction of sp³-hybridized carbons (Fsp3) is 0.190. The normalized spacial score (nSPS) is 17.4. The molecule has 1 heterocycles. The van der Waals surface area contributed by atoms with Crippen molar-refractivity contribution in [2.45, 2.75) is 11.7 Å². The van der Waals surface area contributed by atoms with Crippen LogP contribution in [0.3, 0.4) is 0 Å². The lowest BCUT2D eigenvalue weighted by molar-refractivity contribution is -0.128. The van der Waals surface area contributed by atoms with Crippen LogP contribution in [0.2, 0.25) is 0 Å². The number of ether oxygens (including phenoxy) is 1. The largest absolute Gasteiger partial charge is 0.478 e.